The maximum absolute atomic E-state index is 10.6. The lowest BCUT2D eigenvalue weighted by atomic mass is 10.5. The highest BCUT2D eigenvalue weighted by Gasteiger charge is 2.05. The molecule has 0 atom stereocenters. The Balaban J connectivity index is 0.000000220. The lowest BCUT2D eigenvalue weighted by Gasteiger charge is -1.91. The number of nitrogens with two attached hydrogens (primary N) is 2. The number of H-pyrrole nitrogens is 4. The molecule has 0 saturated heterocycles. The topological polar surface area (TPSA) is 242 Å². The molecule has 0 aliphatic heterocycles. The molecule has 0 bridgehead atoms. The molecule has 8 N–H and O–H groups in total. The average Bonchev–Trinajstić information content (AvgIpc) is 2.38. The van der Waals surface area contributed by atoms with Gasteiger partial charge in [-0.1, -0.05) is 0 Å². The number of aromatic nitrogens is 4. The van der Waals surface area contributed by atoms with Crippen LogP contribution in [-0.2, 0) is 0 Å². The van der Waals surface area contributed by atoms with E-state index in [-0.39, 0.29) is 11.6 Å². The molecule has 0 radical (unpaired) electrons. The van der Waals surface area contributed by atoms with Crippen LogP contribution in [-0.4, -0.2) is 19.9 Å². The molecule has 2 aromatic heterocycles. The predicted molar refractivity (Wildman–Crippen MR) is 75.1 cm³/mol. The first-order valence-corrected chi connectivity index (χ1v) is 5.21. The minimum Gasteiger partial charge on any atom is -0.383 e. The minimum atomic E-state index is -0.888. The summed E-state index contributed by atoms with van der Waals surface area (Å²) < 4.78 is 0. The van der Waals surface area contributed by atoms with Crippen molar-refractivity contribution >= 4 is 23.0 Å². The number of nitroso groups, excluding NO2 is 2. The van der Waals surface area contributed by atoms with E-state index < -0.39 is 33.9 Å². The highest BCUT2D eigenvalue weighted by Crippen LogP contribution is 2.08. The molecular formula is C8H8N8O6. The summed E-state index contributed by atoms with van der Waals surface area (Å²) in [6, 6.07) is 0. The fourth-order valence-electron chi connectivity index (χ4n) is 1.18. The van der Waals surface area contributed by atoms with Crippen LogP contribution in [0.3, 0.4) is 0 Å². The quantitative estimate of drug-likeness (QED) is 0.340. The highest BCUT2D eigenvalue weighted by molar-refractivity contribution is 5.54. The van der Waals surface area contributed by atoms with Crippen LogP contribution in [0.5, 0.6) is 0 Å². The van der Waals surface area contributed by atoms with Crippen LogP contribution in [0.1, 0.15) is 0 Å². The number of nitrogens with zero attached hydrogens (tertiary/aromatic N) is 2. The summed E-state index contributed by atoms with van der Waals surface area (Å²) in [6.07, 6.45) is 0. The van der Waals surface area contributed by atoms with Gasteiger partial charge in [-0.2, -0.15) is 0 Å². The number of nitrogen functional groups attached to an aromatic ring is 2. The van der Waals surface area contributed by atoms with Crippen LogP contribution in [0.2, 0.25) is 0 Å². The van der Waals surface area contributed by atoms with E-state index in [2.05, 4.69) is 10.4 Å². The van der Waals surface area contributed by atoms with Crippen LogP contribution in [0, 0.1) is 9.81 Å². The van der Waals surface area contributed by atoms with Gasteiger partial charge < -0.3 is 11.5 Å². The number of anilines is 2. The monoisotopic (exact) mass is 312 g/mol. The maximum atomic E-state index is 10.6. The number of rotatable bonds is 2. The van der Waals surface area contributed by atoms with Crippen molar-refractivity contribution in [2.75, 3.05) is 11.5 Å². The third-order valence-electron chi connectivity index (χ3n) is 2.07. The molecule has 0 saturated carbocycles. The summed E-state index contributed by atoms with van der Waals surface area (Å²) >= 11 is 0. The first-order chi connectivity index (χ1) is 10.3. The Morgan fingerprint density at radius 1 is 0.636 bits per heavy atom. The fraction of sp³-hybridized carbons (Fsp3) is 0. The molecule has 2 aromatic rings. The second kappa shape index (κ2) is 6.55. The van der Waals surface area contributed by atoms with Crippen LogP contribution in [0.25, 0.3) is 0 Å². The third kappa shape index (κ3) is 3.59. The van der Waals surface area contributed by atoms with Gasteiger partial charge in [0.05, 0.1) is 0 Å². The van der Waals surface area contributed by atoms with Gasteiger partial charge in [0.2, 0.25) is 11.4 Å². The maximum Gasteiger partial charge on any atom is 0.327 e. The largest absolute Gasteiger partial charge is 0.383 e. The second-order valence-corrected chi connectivity index (χ2v) is 3.52. The Morgan fingerprint density at radius 2 is 0.955 bits per heavy atom. The van der Waals surface area contributed by atoms with Crippen molar-refractivity contribution in [3.05, 3.63) is 51.5 Å². The van der Waals surface area contributed by atoms with Crippen molar-refractivity contribution < 1.29 is 0 Å². The van der Waals surface area contributed by atoms with E-state index in [1.165, 1.54) is 0 Å². The van der Waals surface area contributed by atoms with Gasteiger partial charge in [0, 0.05) is 0 Å². The molecule has 14 nitrogen and oxygen atoms in total. The molecule has 22 heavy (non-hydrogen) atoms. The molecule has 2 heterocycles. The van der Waals surface area contributed by atoms with Crippen LogP contribution in [0.15, 0.2) is 29.5 Å². The number of hydrogen-bond donors (Lipinski definition) is 6. The zero-order valence-electron chi connectivity index (χ0n) is 10.5. The smallest absolute Gasteiger partial charge is 0.327 e. The normalized spacial score (nSPS) is 9.45. The second-order valence-electron chi connectivity index (χ2n) is 3.52. The lowest BCUT2D eigenvalue weighted by molar-refractivity contribution is 1.04. The molecule has 0 fully saturated rings. The molecular weight excluding hydrogens is 304 g/mol. The van der Waals surface area contributed by atoms with E-state index in [9.17, 15) is 29.0 Å². The van der Waals surface area contributed by atoms with Gasteiger partial charge in [-0.3, -0.25) is 29.5 Å². The molecule has 0 amide bonds. The standard InChI is InChI=1S/2C4H4N4O3/c2*5-2-1(8-11)3(9)7-4(10)6-2/h2*(H4,5,6,7,9,10). The van der Waals surface area contributed by atoms with E-state index >= 15 is 0 Å². The van der Waals surface area contributed by atoms with E-state index in [1.807, 2.05) is 9.97 Å². The Hall–Kier alpha value is -3.84. The van der Waals surface area contributed by atoms with Gasteiger partial charge in [-0.25, -0.2) is 9.59 Å². The average molecular weight is 312 g/mol. The highest BCUT2D eigenvalue weighted by atomic mass is 16.3. The van der Waals surface area contributed by atoms with Crippen molar-refractivity contribution in [1.29, 1.82) is 0 Å². The van der Waals surface area contributed by atoms with E-state index in [4.69, 9.17) is 11.5 Å². The van der Waals surface area contributed by atoms with E-state index in [0.717, 1.165) is 0 Å². The SMILES string of the molecule is Nc1[nH]c(=O)[nH]c(=O)c1N=O.Nc1[nH]c(=O)[nH]c(=O)c1N=O. The predicted octanol–water partition coefficient (Wildman–Crippen LogP) is -1.91. The van der Waals surface area contributed by atoms with Crippen molar-refractivity contribution in [3.63, 3.8) is 0 Å². The zero-order chi connectivity index (χ0) is 16.9. The summed E-state index contributed by atoms with van der Waals surface area (Å²) in [5.41, 5.74) is 5.80. The third-order valence-corrected chi connectivity index (χ3v) is 2.07. The van der Waals surface area contributed by atoms with E-state index in [1.54, 1.807) is 9.97 Å². The van der Waals surface area contributed by atoms with Crippen molar-refractivity contribution in [3.8, 4) is 0 Å². The number of nitrogens with one attached hydrogen (secondary N) is 4. The molecule has 2 rings (SSSR count). The number of hydrogen-bond acceptors (Lipinski definition) is 10. The molecule has 0 aromatic carbocycles. The Labute approximate surface area is 117 Å². The Bertz CT molecular complexity index is 856. The summed E-state index contributed by atoms with van der Waals surface area (Å²) in [7, 11) is 0. The Morgan fingerprint density at radius 3 is 1.18 bits per heavy atom. The van der Waals surface area contributed by atoms with Crippen molar-refractivity contribution in [2.45, 2.75) is 0 Å². The van der Waals surface area contributed by atoms with Gasteiger partial charge >= 0.3 is 11.4 Å². The molecule has 116 valence electrons. The summed E-state index contributed by atoms with van der Waals surface area (Å²) in [4.78, 5) is 69.5. The van der Waals surface area contributed by atoms with Gasteiger partial charge in [0.15, 0.2) is 0 Å². The zero-order valence-corrected chi connectivity index (χ0v) is 10.5. The van der Waals surface area contributed by atoms with Gasteiger partial charge in [0.1, 0.15) is 11.6 Å². The van der Waals surface area contributed by atoms with Crippen LogP contribution < -0.4 is 34.0 Å². The summed E-state index contributed by atoms with van der Waals surface area (Å²) in [5.74, 6) is -0.650. The van der Waals surface area contributed by atoms with Crippen molar-refractivity contribution in [2.24, 2.45) is 10.4 Å². The molecule has 14 heteroatoms. The van der Waals surface area contributed by atoms with Gasteiger partial charge in [-0.05, 0) is 10.4 Å². The van der Waals surface area contributed by atoms with Crippen molar-refractivity contribution in [1.82, 2.24) is 19.9 Å². The minimum absolute atomic E-state index is 0.325. The van der Waals surface area contributed by atoms with E-state index in [0.29, 0.717) is 0 Å². The lowest BCUT2D eigenvalue weighted by Crippen LogP contribution is -2.23. The molecule has 0 unspecified atom stereocenters. The first-order valence-electron chi connectivity index (χ1n) is 5.21. The molecule has 0 aliphatic rings. The van der Waals surface area contributed by atoms with Gasteiger partial charge in [-0.15, -0.1) is 9.81 Å². The first kappa shape index (κ1) is 16.2. The molecule has 0 spiro atoms. The summed E-state index contributed by atoms with van der Waals surface area (Å²) in [5, 5.41) is 4.64. The Kier molecular flexibility index (Phi) is 4.83. The summed E-state index contributed by atoms with van der Waals surface area (Å²) in [6.45, 7) is 0. The molecule has 0 aliphatic carbocycles. The van der Waals surface area contributed by atoms with Crippen LogP contribution >= 0.6 is 0 Å². The van der Waals surface area contributed by atoms with Crippen LogP contribution in [0.4, 0.5) is 23.0 Å². The fourth-order valence-corrected chi connectivity index (χ4v) is 1.18. The number of aromatic amines is 4. The van der Waals surface area contributed by atoms with Gasteiger partial charge in [0.25, 0.3) is 11.1 Å².